The number of aliphatic hydroxyl groups is 1. The number of carbonyl (C=O) groups excluding carboxylic acids is 1. The first kappa shape index (κ1) is 25.7. The Balaban J connectivity index is 1.63. The summed E-state index contributed by atoms with van der Waals surface area (Å²) in [7, 11) is 0. The Morgan fingerprint density at radius 1 is 1.12 bits per heavy atom. The average molecular weight is 471 g/mol. The van der Waals surface area contributed by atoms with Crippen LogP contribution in [0.4, 0.5) is 0 Å². The molecular weight excluding hydrogens is 424 g/mol. The summed E-state index contributed by atoms with van der Waals surface area (Å²) in [6.45, 7) is 15.5. The molecule has 0 aromatic rings. The number of ketones is 1. The SMILES string of the molecule is C/C(=C/CC[C@H](C)[C@@H]1CC[C@]2(C)C3=CC(=O)[C@H]4C(C)(C)[C@H](O)CC[C@]4(C)[C@H]3CC[C@@]12C)C(=O)O. The van der Waals surface area contributed by atoms with E-state index in [1.807, 2.05) is 12.2 Å². The number of carbonyl (C=O) groups is 2. The van der Waals surface area contributed by atoms with Crippen molar-refractivity contribution in [2.45, 2.75) is 106 Å². The van der Waals surface area contributed by atoms with Gasteiger partial charge in [-0.3, -0.25) is 4.79 Å². The molecule has 34 heavy (non-hydrogen) atoms. The second kappa shape index (κ2) is 8.32. The minimum atomic E-state index is -0.828. The van der Waals surface area contributed by atoms with E-state index in [0.717, 1.165) is 38.5 Å². The number of rotatable bonds is 5. The summed E-state index contributed by atoms with van der Waals surface area (Å²) in [5, 5.41) is 19.9. The molecule has 0 aliphatic heterocycles. The molecule has 4 aliphatic rings. The second-order valence-electron chi connectivity index (χ2n) is 13.5. The van der Waals surface area contributed by atoms with Gasteiger partial charge in [0.05, 0.1) is 6.10 Å². The maximum absolute atomic E-state index is 13.7. The van der Waals surface area contributed by atoms with Crippen LogP contribution in [0.5, 0.6) is 0 Å². The van der Waals surface area contributed by atoms with Gasteiger partial charge in [-0.15, -0.1) is 0 Å². The zero-order chi connectivity index (χ0) is 25.3. The van der Waals surface area contributed by atoms with Crippen molar-refractivity contribution in [2.75, 3.05) is 0 Å². The quantitative estimate of drug-likeness (QED) is 0.445. The molecule has 4 aliphatic carbocycles. The highest BCUT2D eigenvalue weighted by Crippen LogP contribution is 2.73. The highest BCUT2D eigenvalue weighted by atomic mass is 16.4. The van der Waals surface area contributed by atoms with E-state index in [-0.39, 0.29) is 33.4 Å². The molecule has 0 aromatic heterocycles. The Hall–Kier alpha value is -1.42. The van der Waals surface area contributed by atoms with Crippen molar-refractivity contribution in [3.05, 3.63) is 23.3 Å². The molecule has 4 rings (SSSR count). The number of carboxylic acids is 1. The van der Waals surface area contributed by atoms with Gasteiger partial charge in [0.15, 0.2) is 5.78 Å². The van der Waals surface area contributed by atoms with E-state index in [9.17, 15) is 14.7 Å². The molecule has 0 radical (unpaired) electrons. The summed E-state index contributed by atoms with van der Waals surface area (Å²) in [5.74, 6) is 0.844. The largest absolute Gasteiger partial charge is 0.478 e. The number of aliphatic hydroxyl groups excluding tert-OH is 1. The fraction of sp³-hybridized carbons (Fsp3) is 0.800. The highest BCUT2D eigenvalue weighted by Gasteiger charge is 2.66. The Bertz CT molecular complexity index is 928. The Morgan fingerprint density at radius 2 is 1.79 bits per heavy atom. The van der Waals surface area contributed by atoms with Gasteiger partial charge in [0.1, 0.15) is 0 Å². The lowest BCUT2D eigenvalue weighted by Crippen LogP contribution is -2.60. The summed E-state index contributed by atoms with van der Waals surface area (Å²) in [4.78, 5) is 24.9. The lowest BCUT2D eigenvalue weighted by molar-refractivity contribution is -0.157. The van der Waals surface area contributed by atoms with Crippen molar-refractivity contribution in [1.82, 2.24) is 0 Å². The van der Waals surface area contributed by atoms with Gasteiger partial charge in [-0.25, -0.2) is 4.79 Å². The van der Waals surface area contributed by atoms with Crippen LogP contribution in [0.1, 0.15) is 99.8 Å². The molecule has 4 nitrogen and oxygen atoms in total. The Labute approximate surface area is 206 Å². The maximum atomic E-state index is 13.7. The number of aliphatic carboxylic acids is 1. The van der Waals surface area contributed by atoms with Crippen LogP contribution in [0.15, 0.2) is 23.3 Å². The first-order valence-corrected chi connectivity index (χ1v) is 13.5. The Kier molecular flexibility index (Phi) is 6.28. The normalized spacial score (nSPS) is 44.5. The summed E-state index contributed by atoms with van der Waals surface area (Å²) >= 11 is 0. The molecule has 0 spiro atoms. The van der Waals surface area contributed by atoms with Crippen molar-refractivity contribution < 1.29 is 19.8 Å². The molecule has 2 N–H and O–H groups in total. The van der Waals surface area contributed by atoms with Crippen molar-refractivity contribution in [1.29, 1.82) is 0 Å². The lowest BCUT2D eigenvalue weighted by atomic mass is 9.40. The van der Waals surface area contributed by atoms with Crippen molar-refractivity contribution in [2.24, 2.45) is 45.3 Å². The maximum Gasteiger partial charge on any atom is 0.330 e. The van der Waals surface area contributed by atoms with Crippen LogP contribution < -0.4 is 0 Å². The number of fused-ring (bicyclic) bond motifs is 5. The van der Waals surface area contributed by atoms with Crippen LogP contribution in [0.2, 0.25) is 0 Å². The zero-order valence-electron chi connectivity index (χ0n) is 22.4. The second-order valence-corrected chi connectivity index (χ2v) is 13.5. The van der Waals surface area contributed by atoms with E-state index >= 15 is 0 Å². The van der Waals surface area contributed by atoms with Crippen LogP contribution in [0.3, 0.4) is 0 Å². The topological polar surface area (TPSA) is 74.6 Å². The molecule has 3 saturated carbocycles. The van der Waals surface area contributed by atoms with Gasteiger partial charge >= 0.3 is 5.97 Å². The molecule has 0 bridgehead atoms. The minimum Gasteiger partial charge on any atom is -0.478 e. The van der Waals surface area contributed by atoms with E-state index < -0.39 is 12.1 Å². The smallest absolute Gasteiger partial charge is 0.330 e. The van der Waals surface area contributed by atoms with Crippen LogP contribution >= 0.6 is 0 Å². The summed E-state index contributed by atoms with van der Waals surface area (Å²) in [6.07, 6.45) is 11.7. The average Bonchev–Trinajstić information content (AvgIpc) is 3.02. The monoisotopic (exact) mass is 470 g/mol. The minimum absolute atomic E-state index is 0.0332. The highest BCUT2D eigenvalue weighted by molar-refractivity contribution is 5.95. The van der Waals surface area contributed by atoms with Gasteiger partial charge in [-0.1, -0.05) is 53.2 Å². The fourth-order valence-corrected chi connectivity index (χ4v) is 9.40. The van der Waals surface area contributed by atoms with Crippen LogP contribution in [-0.4, -0.2) is 28.1 Å². The van der Waals surface area contributed by atoms with Gasteiger partial charge in [0.25, 0.3) is 0 Å². The third kappa shape index (κ3) is 3.49. The first-order valence-electron chi connectivity index (χ1n) is 13.5. The molecule has 0 amide bonds. The summed E-state index contributed by atoms with van der Waals surface area (Å²) in [5.41, 5.74) is 1.58. The molecule has 8 atom stereocenters. The molecule has 3 fully saturated rings. The summed E-state index contributed by atoms with van der Waals surface area (Å²) < 4.78 is 0. The number of hydrogen-bond donors (Lipinski definition) is 2. The van der Waals surface area contributed by atoms with E-state index in [2.05, 4.69) is 41.5 Å². The number of carboxylic acid groups (broad SMARTS) is 1. The van der Waals surface area contributed by atoms with Crippen molar-refractivity contribution in [3.8, 4) is 0 Å². The Morgan fingerprint density at radius 3 is 2.44 bits per heavy atom. The zero-order valence-corrected chi connectivity index (χ0v) is 22.4. The van der Waals surface area contributed by atoms with Gasteiger partial charge in [0, 0.05) is 16.9 Å². The van der Waals surface area contributed by atoms with E-state index in [1.54, 1.807) is 6.92 Å². The standard InChI is InChI=1S/C30H46O4/c1-18(9-8-10-19(2)26(33)34)20-11-15-30(7)22-17-23(31)25-27(3,4)24(32)13-14-28(25,5)21(22)12-16-29(20,30)6/h10,17-18,20-21,24-25,32H,8-9,11-16H2,1-7H3,(H,33,34)/b19-10-/t18-,20-,21-,24+,25-,28+,29-,30+/m0/s1. The van der Waals surface area contributed by atoms with Crippen LogP contribution in [0.25, 0.3) is 0 Å². The molecular formula is C30H46O4. The van der Waals surface area contributed by atoms with Gasteiger partial charge in [0.2, 0.25) is 0 Å². The van der Waals surface area contributed by atoms with Crippen molar-refractivity contribution >= 4 is 11.8 Å². The summed E-state index contributed by atoms with van der Waals surface area (Å²) in [6, 6.07) is 0. The van der Waals surface area contributed by atoms with E-state index in [1.165, 1.54) is 18.4 Å². The molecule has 4 heteroatoms. The third-order valence-corrected chi connectivity index (χ3v) is 11.7. The number of hydrogen-bond acceptors (Lipinski definition) is 3. The predicted molar refractivity (Wildman–Crippen MR) is 135 cm³/mol. The molecule has 190 valence electrons. The molecule has 0 saturated heterocycles. The third-order valence-electron chi connectivity index (χ3n) is 11.7. The first-order chi connectivity index (χ1) is 15.7. The number of allylic oxidation sites excluding steroid dienone is 3. The van der Waals surface area contributed by atoms with Crippen LogP contribution in [-0.2, 0) is 9.59 Å². The fourth-order valence-electron chi connectivity index (χ4n) is 9.40. The van der Waals surface area contributed by atoms with E-state index in [0.29, 0.717) is 23.3 Å². The van der Waals surface area contributed by atoms with Gasteiger partial charge in [-0.05, 0) is 98.4 Å². The predicted octanol–water partition coefficient (Wildman–Crippen LogP) is 6.58. The molecule has 0 aromatic carbocycles. The van der Waals surface area contributed by atoms with Gasteiger partial charge < -0.3 is 10.2 Å². The molecule has 0 heterocycles. The van der Waals surface area contributed by atoms with Gasteiger partial charge in [-0.2, -0.15) is 0 Å². The lowest BCUT2D eigenvalue weighted by Gasteiger charge is -2.63. The molecule has 0 unspecified atom stereocenters. The van der Waals surface area contributed by atoms with E-state index in [4.69, 9.17) is 5.11 Å². The van der Waals surface area contributed by atoms with Crippen molar-refractivity contribution in [3.63, 3.8) is 0 Å². The van der Waals surface area contributed by atoms with Crippen LogP contribution in [0, 0.1) is 45.3 Å².